The van der Waals surface area contributed by atoms with Gasteiger partial charge < -0.3 is 20.1 Å². The first-order chi connectivity index (χ1) is 9.56. The van der Waals surface area contributed by atoms with Crippen molar-refractivity contribution >= 4 is 11.7 Å². The number of aliphatic hydroxyl groups is 1. The van der Waals surface area contributed by atoms with Gasteiger partial charge in [0, 0.05) is 24.8 Å². The Morgan fingerprint density at radius 3 is 2.90 bits per heavy atom. The zero-order valence-corrected chi connectivity index (χ0v) is 10.8. The number of urea groups is 1. The van der Waals surface area contributed by atoms with Crippen molar-refractivity contribution in [2.75, 3.05) is 25.0 Å². The molecule has 0 saturated carbocycles. The fraction of sp³-hybridized carbons (Fsp3) is 0.308. The van der Waals surface area contributed by atoms with E-state index in [4.69, 9.17) is 5.11 Å². The number of amides is 2. The van der Waals surface area contributed by atoms with E-state index in [2.05, 4.69) is 16.6 Å². The summed E-state index contributed by atoms with van der Waals surface area (Å²) in [5.74, 6) is -0.0461. The molecule has 0 saturated heterocycles. The van der Waals surface area contributed by atoms with Crippen molar-refractivity contribution in [2.45, 2.75) is 6.61 Å². The highest BCUT2D eigenvalue weighted by Crippen LogP contribution is 2.19. The monoisotopic (exact) mass is 286 g/mol. The van der Waals surface area contributed by atoms with E-state index in [-0.39, 0.29) is 25.4 Å². The zero-order chi connectivity index (χ0) is 15.0. The molecule has 0 aliphatic carbocycles. The van der Waals surface area contributed by atoms with Gasteiger partial charge >= 0.3 is 12.6 Å². The Morgan fingerprint density at radius 1 is 1.55 bits per heavy atom. The lowest BCUT2D eigenvalue weighted by Gasteiger charge is -2.20. The van der Waals surface area contributed by atoms with Crippen molar-refractivity contribution in [3.8, 4) is 5.75 Å². The average molecular weight is 286 g/mol. The Labute approximate surface area is 115 Å². The molecule has 0 radical (unpaired) electrons. The van der Waals surface area contributed by atoms with Crippen LogP contribution < -0.4 is 10.1 Å². The average Bonchev–Trinajstić information content (AvgIpc) is 2.38. The molecule has 0 atom stereocenters. The van der Waals surface area contributed by atoms with Crippen LogP contribution in [0.1, 0.15) is 0 Å². The summed E-state index contributed by atoms with van der Waals surface area (Å²) < 4.78 is 28.4. The third kappa shape index (κ3) is 5.23. The van der Waals surface area contributed by atoms with Crippen LogP contribution in [0.3, 0.4) is 0 Å². The number of hydrogen-bond acceptors (Lipinski definition) is 3. The molecule has 0 aromatic heterocycles. The smallest absolute Gasteiger partial charge is 0.387 e. The molecule has 0 heterocycles. The van der Waals surface area contributed by atoms with Gasteiger partial charge in [-0.3, -0.25) is 0 Å². The summed E-state index contributed by atoms with van der Waals surface area (Å²) in [5.41, 5.74) is 0.320. The molecule has 0 aliphatic heterocycles. The maximum atomic E-state index is 12.1. The van der Waals surface area contributed by atoms with Gasteiger partial charge in [-0.2, -0.15) is 8.78 Å². The molecule has 20 heavy (non-hydrogen) atoms. The summed E-state index contributed by atoms with van der Waals surface area (Å²) in [6.45, 7) is 0.812. The molecule has 7 heteroatoms. The Morgan fingerprint density at radius 2 is 2.30 bits per heavy atom. The fourth-order valence-electron chi connectivity index (χ4n) is 1.50. The highest BCUT2D eigenvalue weighted by atomic mass is 19.3. The minimum absolute atomic E-state index is 0.0461. The fourth-order valence-corrected chi connectivity index (χ4v) is 1.50. The number of alkyl halides is 2. The number of anilines is 1. The standard InChI is InChI=1S/C13H16F2N2O3/c1-2-6-17(7-8-18)13(19)16-10-4-3-5-11(9-10)20-12(14)15/h2-5,9,12,18H,1,6-8H2,(H,16,19). The minimum atomic E-state index is -2.92. The van der Waals surface area contributed by atoms with Crippen LogP contribution in [0.2, 0.25) is 0 Å². The molecule has 2 amide bonds. The normalized spacial score (nSPS) is 10.2. The molecule has 0 fully saturated rings. The molecular weight excluding hydrogens is 270 g/mol. The number of aliphatic hydroxyl groups excluding tert-OH is 1. The third-order valence-corrected chi connectivity index (χ3v) is 2.32. The van der Waals surface area contributed by atoms with Crippen LogP contribution in [-0.2, 0) is 0 Å². The topological polar surface area (TPSA) is 61.8 Å². The number of rotatable bonds is 7. The first-order valence-electron chi connectivity index (χ1n) is 5.89. The first-order valence-corrected chi connectivity index (χ1v) is 5.89. The van der Waals surface area contributed by atoms with Crippen LogP contribution in [0.4, 0.5) is 19.3 Å². The van der Waals surface area contributed by atoms with E-state index in [0.29, 0.717) is 5.69 Å². The number of carbonyl (C=O) groups excluding carboxylic acids is 1. The molecule has 2 N–H and O–H groups in total. The second-order valence-electron chi connectivity index (χ2n) is 3.79. The maximum Gasteiger partial charge on any atom is 0.387 e. The van der Waals surface area contributed by atoms with E-state index in [9.17, 15) is 13.6 Å². The van der Waals surface area contributed by atoms with E-state index in [0.717, 1.165) is 0 Å². The Bertz CT molecular complexity index is 455. The van der Waals surface area contributed by atoms with Crippen molar-refractivity contribution < 1.29 is 23.4 Å². The molecule has 0 unspecified atom stereocenters. The van der Waals surface area contributed by atoms with Crippen molar-refractivity contribution in [1.29, 1.82) is 0 Å². The Kier molecular flexibility index (Phi) is 6.45. The summed E-state index contributed by atoms with van der Waals surface area (Å²) >= 11 is 0. The highest BCUT2D eigenvalue weighted by molar-refractivity contribution is 5.89. The molecule has 1 aromatic carbocycles. The highest BCUT2D eigenvalue weighted by Gasteiger charge is 2.12. The van der Waals surface area contributed by atoms with E-state index in [1.165, 1.54) is 29.2 Å². The third-order valence-electron chi connectivity index (χ3n) is 2.32. The maximum absolute atomic E-state index is 12.1. The van der Waals surface area contributed by atoms with E-state index in [1.807, 2.05) is 0 Å². The lowest BCUT2D eigenvalue weighted by molar-refractivity contribution is -0.0497. The van der Waals surface area contributed by atoms with Gasteiger partial charge in [0.1, 0.15) is 5.75 Å². The van der Waals surface area contributed by atoms with Crippen LogP contribution in [0.5, 0.6) is 5.75 Å². The SMILES string of the molecule is C=CCN(CCO)C(=O)Nc1cccc(OC(F)F)c1. The number of nitrogens with one attached hydrogen (secondary N) is 1. The van der Waals surface area contributed by atoms with Crippen molar-refractivity contribution in [3.05, 3.63) is 36.9 Å². The first kappa shape index (κ1) is 15.9. The lowest BCUT2D eigenvalue weighted by Crippen LogP contribution is -2.37. The number of hydrogen-bond donors (Lipinski definition) is 2. The van der Waals surface area contributed by atoms with Gasteiger partial charge in [-0.05, 0) is 12.1 Å². The van der Waals surface area contributed by atoms with E-state index in [1.54, 1.807) is 6.07 Å². The Balaban J connectivity index is 2.70. The zero-order valence-electron chi connectivity index (χ0n) is 10.8. The van der Waals surface area contributed by atoms with Gasteiger partial charge in [0.2, 0.25) is 0 Å². The molecular formula is C13H16F2N2O3. The van der Waals surface area contributed by atoms with Gasteiger partial charge in [-0.1, -0.05) is 12.1 Å². The largest absolute Gasteiger partial charge is 0.435 e. The van der Waals surface area contributed by atoms with Gasteiger partial charge in [-0.15, -0.1) is 6.58 Å². The number of carbonyl (C=O) groups is 1. The predicted octanol–water partition coefficient (Wildman–Crippen LogP) is 2.30. The van der Waals surface area contributed by atoms with Crippen LogP contribution in [0.25, 0.3) is 0 Å². The number of benzene rings is 1. The van der Waals surface area contributed by atoms with Crippen molar-refractivity contribution in [1.82, 2.24) is 4.90 Å². The van der Waals surface area contributed by atoms with Crippen LogP contribution in [-0.4, -0.2) is 42.3 Å². The summed E-state index contributed by atoms with van der Waals surface area (Å²) in [6, 6.07) is 5.21. The predicted molar refractivity (Wildman–Crippen MR) is 70.9 cm³/mol. The number of nitrogens with zero attached hydrogens (tertiary/aromatic N) is 1. The van der Waals surface area contributed by atoms with Gasteiger partial charge in [-0.25, -0.2) is 4.79 Å². The second-order valence-corrected chi connectivity index (χ2v) is 3.79. The van der Waals surface area contributed by atoms with Gasteiger partial charge in [0.25, 0.3) is 0 Å². The number of ether oxygens (including phenoxy) is 1. The summed E-state index contributed by atoms with van der Waals surface area (Å²) in [4.78, 5) is 13.2. The van der Waals surface area contributed by atoms with Crippen LogP contribution in [0.15, 0.2) is 36.9 Å². The van der Waals surface area contributed by atoms with Gasteiger partial charge in [0.05, 0.1) is 6.61 Å². The Hall–Kier alpha value is -2.15. The lowest BCUT2D eigenvalue weighted by atomic mass is 10.3. The molecule has 0 spiro atoms. The van der Waals surface area contributed by atoms with E-state index >= 15 is 0 Å². The van der Waals surface area contributed by atoms with Crippen molar-refractivity contribution in [2.24, 2.45) is 0 Å². The quantitative estimate of drug-likeness (QED) is 0.756. The van der Waals surface area contributed by atoms with Gasteiger partial charge in [0.15, 0.2) is 0 Å². The molecule has 0 aliphatic rings. The summed E-state index contributed by atoms with van der Waals surface area (Å²) in [7, 11) is 0. The summed E-state index contributed by atoms with van der Waals surface area (Å²) in [5, 5.41) is 11.4. The van der Waals surface area contributed by atoms with Crippen LogP contribution in [0, 0.1) is 0 Å². The molecule has 1 aromatic rings. The molecule has 0 bridgehead atoms. The van der Waals surface area contributed by atoms with Crippen molar-refractivity contribution in [3.63, 3.8) is 0 Å². The number of halogens is 2. The molecule has 1 rings (SSSR count). The minimum Gasteiger partial charge on any atom is -0.435 e. The summed E-state index contributed by atoms with van der Waals surface area (Å²) in [6.07, 6.45) is 1.52. The second kappa shape index (κ2) is 8.11. The molecule has 5 nitrogen and oxygen atoms in total. The molecule has 110 valence electrons. The van der Waals surface area contributed by atoms with E-state index < -0.39 is 12.6 Å². The van der Waals surface area contributed by atoms with Crippen LogP contribution >= 0.6 is 0 Å².